The SMILES string of the molecule is [CH2]c1cccc2c(N)cccc12. The molecule has 0 aliphatic rings. The van der Waals surface area contributed by atoms with Gasteiger partial charge in [0.15, 0.2) is 0 Å². The predicted octanol–water partition coefficient (Wildman–Crippen LogP) is 2.60. The van der Waals surface area contributed by atoms with Gasteiger partial charge in [0.05, 0.1) is 0 Å². The van der Waals surface area contributed by atoms with E-state index in [1.165, 1.54) is 0 Å². The predicted molar refractivity (Wildman–Crippen MR) is 52.8 cm³/mol. The summed E-state index contributed by atoms with van der Waals surface area (Å²) in [6.07, 6.45) is 0. The van der Waals surface area contributed by atoms with Crippen LogP contribution in [0, 0.1) is 6.92 Å². The molecule has 59 valence electrons. The van der Waals surface area contributed by atoms with E-state index in [9.17, 15) is 0 Å². The van der Waals surface area contributed by atoms with E-state index < -0.39 is 0 Å². The molecule has 0 amide bonds. The summed E-state index contributed by atoms with van der Waals surface area (Å²) in [4.78, 5) is 0. The van der Waals surface area contributed by atoms with E-state index in [0.29, 0.717) is 0 Å². The van der Waals surface area contributed by atoms with Crippen LogP contribution in [-0.2, 0) is 0 Å². The molecule has 0 aliphatic carbocycles. The molecule has 0 unspecified atom stereocenters. The van der Waals surface area contributed by atoms with Crippen molar-refractivity contribution in [2.24, 2.45) is 0 Å². The van der Waals surface area contributed by atoms with E-state index in [2.05, 4.69) is 6.92 Å². The van der Waals surface area contributed by atoms with Crippen LogP contribution in [0.1, 0.15) is 5.56 Å². The molecule has 0 aromatic heterocycles. The fraction of sp³-hybridized carbons (Fsp3) is 0. The molecule has 0 bridgehead atoms. The van der Waals surface area contributed by atoms with Gasteiger partial charge in [0.25, 0.3) is 0 Å². The van der Waals surface area contributed by atoms with Gasteiger partial charge in [-0.25, -0.2) is 0 Å². The largest absolute Gasteiger partial charge is 0.398 e. The Balaban J connectivity index is 2.94. The molecule has 0 atom stereocenters. The van der Waals surface area contributed by atoms with Gasteiger partial charge in [-0.1, -0.05) is 30.3 Å². The lowest BCUT2D eigenvalue weighted by atomic mass is 10.0. The average Bonchev–Trinajstić information content (AvgIpc) is 2.07. The smallest absolute Gasteiger partial charge is 0.0393 e. The third-order valence-electron chi connectivity index (χ3n) is 2.05. The Morgan fingerprint density at radius 1 is 0.917 bits per heavy atom. The number of nitrogens with two attached hydrogens (primary N) is 1. The van der Waals surface area contributed by atoms with E-state index in [1.54, 1.807) is 0 Å². The van der Waals surface area contributed by atoms with E-state index in [4.69, 9.17) is 5.73 Å². The molecule has 2 aromatic carbocycles. The van der Waals surface area contributed by atoms with Gasteiger partial charge in [0.1, 0.15) is 0 Å². The summed E-state index contributed by atoms with van der Waals surface area (Å²) in [5.41, 5.74) is 7.64. The maximum Gasteiger partial charge on any atom is 0.0393 e. The normalized spacial score (nSPS) is 10.4. The summed E-state index contributed by atoms with van der Waals surface area (Å²) in [5.74, 6) is 0. The molecule has 0 saturated heterocycles. The number of benzene rings is 2. The van der Waals surface area contributed by atoms with Crippen LogP contribution < -0.4 is 5.73 Å². The first-order valence-corrected chi connectivity index (χ1v) is 3.88. The van der Waals surface area contributed by atoms with Crippen molar-refractivity contribution in [3.63, 3.8) is 0 Å². The molecule has 2 aromatic rings. The maximum atomic E-state index is 5.80. The molecule has 1 heteroatoms. The third-order valence-corrected chi connectivity index (χ3v) is 2.05. The van der Waals surface area contributed by atoms with Gasteiger partial charge in [0, 0.05) is 11.1 Å². The van der Waals surface area contributed by atoms with Gasteiger partial charge >= 0.3 is 0 Å². The van der Waals surface area contributed by atoms with Gasteiger partial charge in [-0.15, -0.1) is 0 Å². The van der Waals surface area contributed by atoms with Crippen molar-refractivity contribution >= 4 is 16.5 Å². The highest BCUT2D eigenvalue weighted by Gasteiger charge is 1.97. The summed E-state index contributed by atoms with van der Waals surface area (Å²) >= 11 is 0. The molecule has 12 heavy (non-hydrogen) atoms. The molecule has 0 fully saturated rings. The number of rotatable bonds is 0. The summed E-state index contributed by atoms with van der Waals surface area (Å²) in [5, 5.41) is 2.22. The van der Waals surface area contributed by atoms with Crippen LogP contribution in [0.25, 0.3) is 10.8 Å². The summed E-state index contributed by atoms with van der Waals surface area (Å²) < 4.78 is 0. The standard InChI is InChI=1S/C11H10N/c1-8-4-2-6-10-9(8)5-3-7-11(10)12/h2-7H,1,12H2. The lowest BCUT2D eigenvalue weighted by Crippen LogP contribution is -1.86. The molecule has 2 N–H and O–H groups in total. The van der Waals surface area contributed by atoms with Crippen LogP contribution in [0.2, 0.25) is 0 Å². The van der Waals surface area contributed by atoms with Gasteiger partial charge in [-0.3, -0.25) is 0 Å². The molecule has 0 heterocycles. The monoisotopic (exact) mass is 156 g/mol. The first-order valence-electron chi connectivity index (χ1n) is 3.88. The van der Waals surface area contributed by atoms with Crippen molar-refractivity contribution in [1.29, 1.82) is 0 Å². The maximum absolute atomic E-state index is 5.80. The van der Waals surface area contributed by atoms with Crippen molar-refractivity contribution in [2.75, 3.05) is 5.73 Å². The topological polar surface area (TPSA) is 26.0 Å². The van der Waals surface area contributed by atoms with Crippen LogP contribution in [-0.4, -0.2) is 0 Å². The van der Waals surface area contributed by atoms with E-state index >= 15 is 0 Å². The van der Waals surface area contributed by atoms with Gasteiger partial charge in [-0.2, -0.15) is 0 Å². The van der Waals surface area contributed by atoms with E-state index in [-0.39, 0.29) is 0 Å². The quantitative estimate of drug-likeness (QED) is 0.583. The summed E-state index contributed by atoms with van der Waals surface area (Å²) in [6, 6.07) is 11.9. The Morgan fingerprint density at radius 2 is 1.58 bits per heavy atom. The van der Waals surface area contributed by atoms with Crippen molar-refractivity contribution in [1.82, 2.24) is 0 Å². The van der Waals surface area contributed by atoms with Crippen LogP contribution in [0.3, 0.4) is 0 Å². The van der Waals surface area contributed by atoms with Crippen LogP contribution >= 0.6 is 0 Å². The zero-order valence-corrected chi connectivity index (χ0v) is 6.75. The van der Waals surface area contributed by atoms with Gasteiger partial charge in [-0.05, 0) is 23.9 Å². The molecule has 1 nitrogen and oxygen atoms in total. The van der Waals surface area contributed by atoms with Crippen molar-refractivity contribution in [3.8, 4) is 0 Å². The lowest BCUT2D eigenvalue weighted by molar-refractivity contribution is 1.67. The Labute approximate surface area is 71.8 Å². The van der Waals surface area contributed by atoms with Crippen molar-refractivity contribution in [3.05, 3.63) is 48.9 Å². The highest BCUT2D eigenvalue weighted by molar-refractivity contribution is 5.95. The highest BCUT2D eigenvalue weighted by atomic mass is 14.5. The van der Waals surface area contributed by atoms with Crippen molar-refractivity contribution in [2.45, 2.75) is 0 Å². The highest BCUT2D eigenvalue weighted by Crippen LogP contribution is 2.22. The summed E-state index contributed by atoms with van der Waals surface area (Å²) in [6.45, 7) is 3.93. The zero-order valence-electron chi connectivity index (χ0n) is 6.75. The van der Waals surface area contributed by atoms with Crippen molar-refractivity contribution < 1.29 is 0 Å². The molecule has 0 saturated carbocycles. The Hall–Kier alpha value is -1.50. The number of nitrogen functional groups attached to an aromatic ring is 1. The molecular weight excluding hydrogens is 146 g/mol. The summed E-state index contributed by atoms with van der Waals surface area (Å²) in [7, 11) is 0. The van der Waals surface area contributed by atoms with Crippen LogP contribution in [0.5, 0.6) is 0 Å². The molecule has 0 spiro atoms. The minimum atomic E-state index is 0.818. The molecule has 0 aliphatic heterocycles. The van der Waals surface area contributed by atoms with E-state index in [0.717, 1.165) is 22.0 Å². The Bertz CT molecular complexity index is 377. The second kappa shape index (κ2) is 2.52. The Kier molecular flexibility index (Phi) is 1.51. The lowest BCUT2D eigenvalue weighted by Gasteiger charge is -2.03. The second-order valence-corrected chi connectivity index (χ2v) is 2.86. The average molecular weight is 156 g/mol. The van der Waals surface area contributed by atoms with Crippen LogP contribution in [0.15, 0.2) is 36.4 Å². The van der Waals surface area contributed by atoms with Crippen LogP contribution in [0.4, 0.5) is 5.69 Å². The number of anilines is 1. The fourth-order valence-electron chi connectivity index (χ4n) is 1.40. The molecule has 2 rings (SSSR count). The fourth-order valence-corrected chi connectivity index (χ4v) is 1.40. The third kappa shape index (κ3) is 0.944. The zero-order chi connectivity index (χ0) is 8.55. The van der Waals surface area contributed by atoms with E-state index in [1.807, 2.05) is 36.4 Å². The number of hydrogen-bond donors (Lipinski definition) is 1. The first kappa shape index (κ1) is 7.17. The Morgan fingerprint density at radius 3 is 2.33 bits per heavy atom. The van der Waals surface area contributed by atoms with Gasteiger partial charge < -0.3 is 5.73 Å². The van der Waals surface area contributed by atoms with Gasteiger partial charge in [0.2, 0.25) is 0 Å². The minimum absolute atomic E-state index is 0.818. The number of hydrogen-bond acceptors (Lipinski definition) is 1. The first-order chi connectivity index (χ1) is 5.79. The molecule has 1 radical (unpaired) electrons. The minimum Gasteiger partial charge on any atom is -0.398 e. The second-order valence-electron chi connectivity index (χ2n) is 2.86. The molecular formula is C11H10N. The number of fused-ring (bicyclic) bond motifs is 1.